The summed E-state index contributed by atoms with van der Waals surface area (Å²) in [5, 5.41) is 11.9. The zero-order chi connectivity index (χ0) is 21.9. The van der Waals surface area contributed by atoms with Crippen LogP contribution in [0.5, 0.6) is 0 Å². The van der Waals surface area contributed by atoms with Gasteiger partial charge >= 0.3 is 0 Å². The van der Waals surface area contributed by atoms with Crippen molar-refractivity contribution in [2.24, 2.45) is 0 Å². The fraction of sp³-hybridized carbons (Fsp3) is 0.261. The molecule has 0 atom stereocenters. The largest absolute Gasteiger partial charge is 0.338 e. The van der Waals surface area contributed by atoms with Crippen molar-refractivity contribution in [3.63, 3.8) is 0 Å². The first kappa shape index (κ1) is 19.9. The van der Waals surface area contributed by atoms with Crippen molar-refractivity contribution in [1.29, 1.82) is 0 Å². The number of rotatable bonds is 5. The molecule has 5 rings (SSSR count). The molecule has 0 unspecified atom stereocenters. The van der Waals surface area contributed by atoms with E-state index >= 15 is 0 Å². The Kier molecular flexibility index (Phi) is 5.37. The molecule has 9 heteroatoms. The van der Waals surface area contributed by atoms with Gasteiger partial charge in [0, 0.05) is 43.6 Å². The molecule has 2 amide bonds. The molecule has 0 spiro atoms. The molecule has 4 aromatic rings. The number of benzene rings is 2. The minimum atomic E-state index is -0.0532. The summed E-state index contributed by atoms with van der Waals surface area (Å²) in [6.07, 6.45) is 1.42. The summed E-state index contributed by atoms with van der Waals surface area (Å²) < 4.78 is 3.49. The second-order valence-corrected chi connectivity index (χ2v) is 7.84. The van der Waals surface area contributed by atoms with E-state index in [-0.39, 0.29) is 18.4 Å². The van der Waals surface area contributed by atoms with Gasteiger partial charge in [-0.2, -0.15) is 0 Å². The molecule has 9 nitrogen and oxygen atoms in total. The summed E-state index contributed by atoms with van der Waals surface area (Å²) in [4.78, 5) is 29.6. The van der Waals surface area contributed by atoms with E-state index in [9.17, 15) is 9.59 Å². The van der Waals surface area contributed by atoms with Gasteiger partial charge in [-0.25, -0.2) is 4.68 Å². The zero-order valence-electron chi connectivity index (χ0n) is 17.5. The van der Waals surface area contributed by atoms with Gasteiger partial charge in [-0.05, 0) is 28.1 Å². The molecule has 162 valence electrons. The van der Waals surface area contributed by atoms with Gasteiger partial charge in [-0.1, -0.05) is 48.5 Å². The van der Waals surface area contributed by atoms with Crippen LogP contribution in [-0.4, -0.2) is 72.6 Å². The Morgan fingerprint density at radius 1 is 0.875 bits per heavy atom. The van der Waals surface area contributed by atoms with Crippen LogP contribution in [-0.2, 0) is 17.9 Å². The lowest BCUT2D eigenvalue weighted by Gasteiger charge is -2.34. The molecule has 2 aromatic heterocycles. The van der Waals surface area contributed by atoms with Gasteiger partial charge in [-0.3, -0.25) is 9.59 Å². The molecule has 1 aliphatic heterocycles. The number of para-hydroxylation sites is 1. The second kappa shape index (κ2) is 8.62. The highest BCUT2D eigenvalue weighted by molar-refractivity contribution is 5.99. The third-order valence-corrected chi connectivity index (χ3v) is 5.82. The lowest BCUT2D eigenvalue weighted by atomic mass is 10.2. The Labute approximate surface area is 184 Å². The standard InChI is InChI=1S/C23H23N7O2/c31-22(16-29-17-24-25-26-29)27-10-12-28(13-11-27)23(32)21-14-19-8-4-5-9-20(19)30(21)15-18-6-2-1-3-7-18/h1-9,14,17H,10-13,15-16H2. The lowest BCUT2D eigenvalue weighted by molar-refractivity contribution is -0.133. The average molecular weight is 429 g/mol. The molecule has 0 bridgehead atoms. The third-order valence-electron chi connectivity index (χ3n) is 5.82. The minimum absolute atomic E-state index is 0.00953. The monoisotopic (exact) mass is 429 g/mol. The molecule has 0 N–H and O–H groups in total. The number of fused-ring (bicyclic) bond motifs is 1. The Morgan fingerprint density at radius 3 is 2.34 bits per heavy atom. The third kappa shape index (κ3) is 3.96. The second-order valence-electron chi connectivity index (χ2n) is 7.84. The Bertz CT molecular complexity index is 1230. The van der Waals surface area contributed by atoms with Crippen LogP contribution in [0, 0.1) is 0 Å². The quantitative estimate of drug-likeness (QED) is 0.481. The highest BCUT2D eigenvalue weighted by Gasteiger charge is 2.27. The predicted molar refractivity (Wildman–Crippen MR) is 118 cm³/mol. The van der Waals surface area contributed by atoms with Crippen LogP contribution in [0.4, 0.5) is 0 Å². The summed E-state index contributed by atoms with van der Waals surface area (Å²) in [6, 6.07) is 20.2. The van der Waals surface area contributed by atoms with Gasteiger partial charge < -0.3 is 14.4 Å². The first-order valence-corrected chi connectivity index (χ1v) is 10.6. The first-order valence-electron chi connectivity index (χ1n) is 10.6. The van der Waals surface area contributed by atoms with Crippen molar-refractivity contribution in [3.8, 4) is 0 Å². The van der Waals surface area contributed by atoms with Crippen LogP contribution in [0.15, 0.2) is 67.0 Å². The van der Waals surface area contributed by atoms with E-state index in [1.807, 2.05) is 53.4 Å². The number of hydrogen-bond donors (Lipinski definition) is 0. The van der Waals surface area contributed by atoms with Crippen molar-refractivity contribution < 1.29 is 9.59 Å². The zero-order valence-corrected chi connectivity index (χ0v) is 17.5. The van der Waals surface area contributed by atoms with Crippen molar-refractivity contribution >= 4 is 22.7 Å². The Morgan fingerprint density at radius 2 is 1.59 bits per heavy atom. The van der Waals surface area contributed by atoms with Gasteiger partial charge in [0.1, 0.15) is 18.6 Å². The summed E-state index contributed by atoms with van der Waals surface area (Å²) in [6.45, 7) is 2.70. The van der Waals surface area contributed by atoms with Crippen LogP contribution in [0.1, 0.15) is 16.1 Å². The highest BCUT2D eigenvalue weighted by Crippen LogP contribution is 2.23. The van der Waals surface area contributed by atoms with Crippen LogP contribution in [0.25, 0.3) is 10.9 Å². The average Bonchev–Trinajstić information content (AvgIpc) is 3.47. The maximum absolute atomic E-state index is 13.5. The number of carbonyl (C=O) groups is 2. The van der Waals surface area contributed by atoms with E-state index in [1.54, 1.807) is 4.90 Å². The molecule has 1 saturated heterocycles. The number of aromatic nitrogens is 5. The van der Waals surface area contributed by atoms with Crippen LogP contribution in [0.3, 0.4) is 0 Å². The molecule has 32 heavy (non-hydrogen) atoms. The van der Waals surface area contributed by atoms with Gasteiger partial charge in [0.05, 0.1) is 0 Å². The van der Waals surface area contributed by atoms with Crippen molar-refractivity contribution in [2.45, 2.75) is 13.1 Å². The minimum Gasteiger partial charge on any atom is -0.338 e. The normalized spacial score (nSPS) is 14.1. The first-order chi connectivity index (χ1) is 15.7. The maximum atomic E-state index is 13.5. The molecule has 2 aromatic carbocycles. The molecular formula is C23H23N7O2. The highest BCUT2D eigenvalue weighted by atomic mass is 16.2. The summed E-state index contributed by atoms with van der Waals surface area (Å²) in [7, 11) is 0. The number of hydrogen-bond acceptors (Lipinski definition) is 5. The molecule has 1 fully saturated rings. The number of piperazine rings is 1. The van der Waals surface area contributed by atoms with Gasteiger partial charge in [0.25, 0.3) is 5.91 Å². The summed E-state index contributed by atoms with van der Waals surface area (Å²) in [5.41, 5.74) is 2.85. The SMILES string of the molecule is O=C(Cn1cnnn1)N1CCN(C(=O)c2cc3ccccc3n2Cc2ccccc2)CC1. The van der Waals surface area contributed by atoms with Crippen LogP contribution >= 0.6 is 0 Å². The Balaban J connectivity index is 1.33. The van der Waals surface area contributed by atoms with E-state index in [2.05, 4.69) is 32.2 Å². The number of tetrazole rings is 1. The Hall–Kier alpha value is -4.01. The molecule has 0 radical (unpaired) electrons. The van der Waals surface area contributed by atoms with Crippen LogP contribution in [0.2, 0.25) is 0 Å². The van der Waals surface area contributed by atoms with E-state index in [0.717, 1.165) is 16.5 Å². The van der Waals surface area contributed by atoms with E-state index in [1.165, 1.54) is 11.0 Å². The fourth-order valence-electron chi connectivity index (χ4n) is 4.14. The maximum Gasteiger partial charge on any atom is 0.270 e. The smallest absolute Gasteiger partial charge is 0.270 e. The van der Waals surface area contributed by atoms with Crippen LogP contribution < -0.4 is 0 Å². The van der Waals surface area contributed by atoms with Gasteiger partial charge in [0.2, 0.25) is 5.91 Å². The van der Waals surface area contributed by atoms with Crippen molar-refractivity contribution in [2.75, 3.05) is 26.2 Å². The predicted octanol–water partition coefficient (Wildman–Crippen LogP) is 1.66. The molecule has 0 aliphatic carbocycles. The summed E-state index contributed by atoms with van der Waals surface area (Å²) in [5.74, 6) is -0.0627. The van der Waals surface area contributed by atoms with Crippen molar-refractivity contribution in [3.05, 3.63) is 78.2 Å². The molecule has 0 saturated carbocycles. The molecule has 1 aliphatic rings. The topological polar surface area (TPSA) is 89.2 Å². The summed E-state index contributed by atoms with van der Waals surface area (Å²) >= 11 is 0. The van der Waals surface area contributed by atoms with E-state index in [4.69, 9.17) is 0 Å². The van der Waals surface area contributed by atoms with E-state index in [0.29, 0.717) is 38.4 Å². The fourth-order valence-corrected chi connectivity index (χ4v) is 4.14. The number of nitrogens with zero attached hydrogens (tertiary/aromatic N) is 7. The van der Waals surface area contributed by atoms with Gasteiger partial charge in [-0.15, -0.1) is 5.10 Å². The lowest BCUT2D eigenvalue weighted by Crippen LogP contribution is -2.51. The molecular weight excluding hydrogens is 406 g/mol. The van der Waals surface area contributed by atoms with Gasteiger partial charge in [0.15, 0.2) is 0 Å². The molecule has 3 heterocycles. The number of carbonyl (C=O) groups excluding carboxylic acids is 2. The van der Waals surface area contributed by atoms with Crippen molar-refractivity contribution in [1.82, 2.24) is 34.6 Å². The van der Waals surface area contributed by atoms with E-state index < -0.39 is 0 Å². The number of amides is 2.